The minimum absolute atomic E-state index is 0.155. The van der Waals surface area contributed by atoms with Crippen molar-refractivity contribution in [3.63, 3.8) is 0 Å². The molecule has 90 valence electrons. The molecular formula is C10H9BrN2O3S. The minimum Gasteiger partial charge on any atom is -0.363 e. The first-order valence-electron chi connectivity index (χ1n) is 4.68. The molecule has 1 aromatic heterocycles. The van der Waals surface area contributed by atoms with E-state index in [4.69, 9.17) is 0 Å². The van der Waals surface area contributed by atoms with Crippen LogP contribution >= 0.6 is 15.9 Å². The SMILES string of the molecule is Cc1cc(Br)cc(S(=O)(=O)Nc2ccon2)c1. The zero-order valence-corrected chi connectivity index (χ0v) is 11.2. The second kappa shape index (κ2) is 4.50. The van der Waals surface area contributed by atoms with Crippen LogP contribution in [-0.2, 0) is 10.0 Å². The van der Waals surface area contributed by atoms with Crippen LogP contribution in [0.3, 0.4) is 0 Å². The molecule has 0 atom stereocenters. The van der Waals surface area contributed by atoms with Crippen molar-refractivity contribution in [2.24, 2.45) is 0 Å². The van der Waals surface area contributed by atoms with Gasteiger partial charge < -0.3 is 4.52 Å². The van der Waals surface area contributed by atoms with Gasteiger partial charge in [0.1, 0.15) is 6.26 Å². The summed E-state index contributed by atoms with van der Waals surface area (Å²) in [6, 6.07) is 6.36. The van der Waals surface area contributed by atoms with Crippen LogP contribution < -0.4 is 4.72 Å². The van der Waals surface area contributed by atoms with E-state index in [0.29, 0.717) is 4.47 Å². The molecule has 0 spiro atoms. The Labute approximate surface area is 107 Å². The molecule has 2 rings (SSSR count). The number of aromatic nitrogens is 1. The number of hydrogen-bond donors (Lipinski definition) is 1. The fourth-order valence-corrected chi connectivity index (χ4v) is 3.20. The summed E-state index contributed by atoms with van der Waals surface area (Å²) < 4.78 is 31.6. The van der Waals surface area contributed by atoms with E-state index < -0.39 is 10.0 Å². The lowest BCUT2D eigenvalue weighted by atomic mass is 10.2. The first-order chi connectivity index (χ1) is 7.97. The molecule has 0 saturated heterocycles. The van der Waals surface area contributed by atoms with Gasteiger partial charge in [0.2, 0.25) is 0 Å². The molecule has 0 radical (unpaired) electrons. The first kappa shape index (κ1) is 12.1. The average Bonchev–Trinajstić information content (AvgIpc) is 2.68. The van der Waals surface area contributed by atoms with E-state index in [9.17, 15) is 8.42 Å². The van der Waals surface area contributed by atoms with Crippen molar-refractivity contribution in [2.75, 3.05) is 4.72 Å². The highest BCUT2D eigenvalue weighted by atomic mass is 79.9. The Bertz CT molecular complexity index is 603. The predicted molar refractivity (Wildman–Crippen MR) is 66.2 cm³/mol. The molecule has 7 heteroatoms. The van der Waals surface area contributed by atoms with Gasteiger partial charge in [-0.15, -0.1) is 0 Å². The van der Waals surface area contributed by atoms with Crippen molar-refractivity contribution in [1.82, 2.24) is 5.16 Å². The molecule has 0 unspecified atom stereocenters. The summed E-state index contributed by atoms with van der Waals surface area (Å²) in [6.07, 6.45) is 1.30. The van der Waals surface area contributed by atoms with E-state index in [1.165, 1.54) is 18.4 Å². The molecule has 5 nitrogen and oxygen atoms in total. The molecule has 0 aliphatic rings. The van der Waals surface area contributed by atoms with Crippen LogP contribution in [0, 0.1) is 6.92 Å². The Balaban J connectivity index is 2.38. The third-order valence-corrected chi connectivity index (χ3v) is 3.79. The number of sulfonamides is 1. The standard InChI is InChI=1S/C10H9BrN2O3S/c1-7-4-8(11)6-9(5-7)17(14,15)13-10-2-3-16-12-10/h2-6H,1H3,(H,12,13). The maximum Gasteiger partial charge on any atom is 0.263 e. The largest absolute Gasteiger partial charge is 0.363 e. The van der Waals surface area contributed by atoms with Gasteiger partial charge in [-0.05, 0) is 30.7 Å². The quantitative estimate of drug-likeness (QED) is 0.944. The Morgan fingerprint density at radius 2 is 2.12 bits per heavy atom. The fourth-order valence-electron chi connectivity index (χ4n) is 1.32. The number of benzene rings is 1. The van der Waals surface area contributed by atoms with Crippen LogP contribution in [0.1, 0.15) is 5.56 Å². The van der Waals surface area contributed by atoms with Crippen LogP contribution in [0.2, 0.25) is 0 Å². The van der Waals surface area contributed by atoms with Gasteiger partial charge in [0.05, 0.1) is 4.90 Å². The van der Waals surface area contributed by atoms with Gasteiger partial charge in [-0.3, -0.25) is 4.72 Å². The van der Waals surface area contributed by atoms with E-state index >= 15 is 0 Å². The minimum atomic E-state index is -3.63. The highest BCUT2D eigenvalue weighted by Crippen LogP contribution is 2.21. The topological polar surface area (TPSA) is 72.2 Å². The van der Waals surface area contributed by atoms with Crippen LogP contribution in [0.15, 0.2) is 44.4 Å². The van der Waals surface area contributed by atoms with Crippen molar-refractivity contribution >= 4 is 31.8 Å². The Hall–Kier alpha value is -1.34. The number of anilines is 1. The van der Waals surface area contributed by atoms with Crippen molar-refractivity contribution in [3.8, 4) is 0 Å². The average molecular weight is 317 g/mol. The molecule has 0 bridgehead atoms. The lowest BCUT2D eigenvalue weighted by Crippen LogP contribution is -2.13. The number of aryl methyl sites for hydroxylation is 1. The normalized spacial score (nSPS) is 11.4. The maximum atomic E-state index is 12.0. The zero-order chi connectivity index (χ0) is 12.5. The van der Waals surface area contributed by atoms with Gasteiger partial charge in [-0.25, -0.2) is 8.42 Å². The monoisotopic (exact) mass is 316 g/mol. The van der Waals surface area contributed by atoms with E-state index in [1.807, 2.05) is 13.0 Å². The summed E-state index contributed by atoms with van der Waals surface area (Å²) in [4.78, 5) is 0.173. The van der Waals surface area contributed by atoms with Crippen molar-refractivity contribution in [1.29, 1.82) is 0 Å². The summed E-state index contributed by atoms with van der Waals surface area (Å²) in [5, 5.41) is 3.49. The molecule has 0 aliphatic heterocycles. The molecule has 2 aromatic rings. The van der Waals surface area contributed by atoms with Crippen molar-refractivity contribution in [3.05, 3.63) is 40.6 Å². The van der Waals surface area contributed by atoms with Crippen LogP contribution in [-0.4, -0.2) is 13.6 Å². The Morgan fingerprint density at radius 1 is 1.35 bits per heavy atom. The molecule has 0 amide bonds. The Morgan fingerprint density at radius 3 is 2.71 bits per heavy atom. The highest BCUT2D eigenvalue weighted by molar-refractivity contribution is 9.10. The van der Waals surface area contributed by atoms with Crippen LogP contribution in [0.4, 0.5) is 5.82 Å². The molecule has 1 N–H and O–H groups in total. The van der Waals surface area contributed by atoms with Crippen LogP contribution in [0.25, 0.3) is 0 Å². The second-order valence-corrected chi connectivity index (χ2v) is 6.05. The van der Waals surface area contributed by atoms with Crippen molar-refractivity contribution in [2.45, 2.75) is 11.8 Å². The van der Waals surface area contributed by atoms with Crippen molar-refractivity contribution < 1.29 is 12.9 Å². The third kappa shape index (κ3) is 2.86. The highest BCUT2D eigenvalue weighted by Gasteiger charge is 2.16. The van der Waals surface area contributed by atoms with Gasteiger partial charge in [0.15, 0.2) is 5.82 Å². The predicted octanol–water partition coefficient (Wildman–Crippen LogP) is 2.55. The first-order valence-corrected chi connectivity index (χ1v) is 6.95. The smallest absolute Gasteiger partial charge is 0.263 e. The lowest BCUT2D eigenvalue weighted by molar-refractivity contribution is 0.423. The van der Waals surface area contributed by atoms with Gasteiger partial charge in [-0.2, -0.15) is 0 Å². The van der Waals surface area contributed by atoms with Gasteiger partial charge >= 0.3 is 0 Å². The van der Waals surface area contributed by atoms with Gasteiger partial charge in [0, 0.05) is 10.5 Å². The summed E-state index contributed by atoms with van der Waals surface area (Å²) in [6.45, 7) is 1.82. The zero-order valence-electron chi connectivity index (χ0n) is 8.84. The van der Waals surface area contributed by atoms with Gasteiger partial charge in [0.25, 0.3) is 10.0 Å². The molecule has 1 aromatic carbocycles. The third-order valence-electron chi connectivity index (χ3n) is 2.00. The molecule has 0 fully saturated rings. The van der Waals surface area contributed by atoms with Gasteiger partial charge in [-0.1, -0.05) is 21.1 Å². The molecule has 0 aliphatic carbocycles. The van der Waals surface area contributed by atoms with E-state index in [-0.39, 0.29) is 10.7 Å². The number of rotatable bonds is 3. The Kier molecular flexibility index (Phi) is 3.21. The summed E-state index contributed by atoms with van der Waals surface area (Å²) in [5.41, 5.74) is 0.847. The summed E-state index contributed by atoms with van der Waals surface area (Å²) in [7, 11) is -3.63. The molecule has 1 heterocycles. The number of hydrogen-bond acceptors (Lipinski definition) is 4. The van der Waals surface area contributed by atoms with E-state index in [2.05, 4.69) is 30.3 Å². The molecule has 0 saturated carbocycles. The number of halogens is 1. The van der Waals surface area contributed by atoms with Crippen LogP contribution in [0.5, 0.6) is 0 Å². The molecular weight excluding hydrogens is 308 g/mol. The summed E-state index contributed by atoms with van der Waals surface area (Å²) >= 11 is 3.26. The maximum absolute atomic E-state index is 12.0. The molecule has 17 heavy (non-hydrogen) atoms. The lowest BCUT2D eigenvalue weighted by Gasteiger charge is -2.06. The number of nitrogens with one attached hydrogen (secondary N) is 1. The second-order valence-electron chi connectivity index (χ2n) is 3.45. The van der Waals surface area contributed by atoms with E-state index in [1.54, 1.807) is 6.07 Å². The number of nitrogens with zero attached hydrogens (tertiary/aromatic N) is 1. The fraction of sp³-hybridized carbons (Fsp3) is 0.100. The van der Waals surface area contributed by atoms with E-state index in [0.717, 1.165) is 5.56 Å². The summed E-state index contributed by atoms with van der Waals surface area (Å²) in [5.74, 6) is 0.155.